The van der Waals surface area contributed by atoms with Crippen LogP contribution in [0, 0.1) is 0 Å². The van der Waals surface area contributed by atoms with E-state index in [2.05, 4.69) is 0 Å². The van der Waals surface area contributed by atoms with Gasteiger partial charge in [0.15, 0.2) is 0 Å². The van der Waals surface area contributed by atoms with Gasteiger partial charge in [-0.1, -0.05) is 34.8 Å². The largest absolute Gasteiger partial charge is 0.551 e. The average molecular weight is 220 g/mol. The highest BCUT2D eigenvalue weighted by atomic mass is 35.6. The van der Waals surface area contributed by atoms with Crippen molar-refractivity contribution in [1.29, 1.82) is 0 Å². The fraction of sp³-hybridized carbons (Fsp3) is 0.800. The summed E-state index contributed by atoms with van der Waals surface area (Å²) in [5, 5.41) is 0. The molecular weight excluding hydrogens is 210 g/mol. The zero-order valence-electron chi connectivity index (χ0n) is 5.83. The Kier molecular flexibility index (Phi) is 4.95. The summed E-state index contributed by atoms with van der Waals surface area (Å²) < 4.78 is 3.95. The summed E-state index contributed by atoms with van der Waals surface area (Å²) in [5.41, 5.74) is 1.62. The molecule has 0 saturated carbocycles. The van der Waals surface area contributed by atoms with E-state index in [1.54, 1.807) is 5.67 Å². The third-order valence-corrected chi connectivity index (χ3v) is 3.20. The average Bonchev–Trinajstić information content (AvgIpc) is 1.59. The van der Waals surface area contributed by atoms with E-state index in [0.29, 0.717) is 6.61 Å². The molecule has 0 saturated heterocycles. The molecule has 0 N–H and O–H groups in total. The van der Waals surface area contributed by atoms with Gasteiger partial charge in [0.25, 0.3) is 0 Å². The van der Waals surface area contributed by atoms with Crippen LogP contribution in [0.5, 0.6) is 0 Å². The Balaban J connectivity index is 3.90. The van der Waals surface area contributed by atoms with Gasteiger partial charge in [0.2, 0.25) is 12.4 Å². The van der Waals surface area contributed by atoms with Gasteiger partial charge in [0.05, 0.1) is 6.61 Å². The van der Waals surface area contributed by atoms with Crippen LogP contribution in [0.1, 0.15) is 6.92 Å². The second-order valence-corrected chi connectivity index (χ2v) is 5.90. The highest BCUT2D eigenvalue weighted by molar-refractivity contribution is 6.82. The maximum absolute atomic E-state index is 5.48. The Morgan fingerprint density at radius 3 is 2.30 bits per heavy atom. The highest BCUT2D eigenvalue weighted by Gasteiger charge is 2.16. The summed E-state index contributed by atoms with van der Waals surface area (Å²) in [7, 11) is -1.02. The molecule has 0 aromatic carbocycles. The van der Waals surface area contributed by atoms with Crippen molar-refractivity contribution in [3.8, 4) is 0 Å². The first kappa shape index (κ1) is 10.8. The SMILES string of the molecule is CCO[Si](C)=CC(Cl)(Cl)Cl. The molecule has 0 atom stereocenters. The summed E-state index contributed by atoms with van der Waals surface area (Å²) in [5.74, 6) is 0. The van der Waals surface area contributed by atoms with Crippen molar-refractivity contribution in [2.45, 2.75) is 17.3 Å². The van der Waals surface area contributed by atoms with E-state index < -0.39 is 12.4 Å². The third-order valence-electron chi connectivity index (χ3n) is 0.739. The quantitative estimate of drug-likeness (QED) is 0.512. The predicted molar refractivity (Wildman–Crippen MR) is 49.6 cm³/mol. The molecule has 10 heavy (non-hydrogen) atoms. The van der Waals surface area contributed by atoms with Gasteiger partial charge in [-0.2, -0.15) is 0 Å². The summed E-state index contributed by atoms with van der Waals surface area (Å²) in [6.07, 6.45) is 0. The maximum atomic E-state index is 5.48. The van der Waals surface area contributed by atoms with Crippen molar-refractivity contribution < 1.29 is 4.43 Å². The minimum absolute atomic E-state index is 0.669. The molecule has 0 rings (SSSR count). The van der Waals surface area contributed by atoms with Crippen LogP contribution in [0.25, 0.3) is 0 Å². The van der Waals surface area contributed by atoms with Crippen molar-refractivity contribution in [2.24, 2.45) is 0 Å². The number of hydrogen-bond acceptors (Lipinski definition) is 1. The molecule has 0 aromatic heterocycles. The lowest BCUT2D eigenvalue weighted by molar-refractivity contribution is 0.360. The van der Waals surface area contributed by atoms with E-state index in [1.165, 1.54) is 0 Å². The fourth-order valence-corrected chi connectivity index (χ4v) is 2.88. The molecule has 0 spiro atoms. The monoisotopic (exact) mass is 218 g/mol. The van der Waals surface area contributed by atoms with Gasteiger partial charge in [-0.15, -0.1) is 0 Å². The minimum atomic E-state index is -1.27. The highest BCUT2D eigenvalue weighted by Crippen LogP contribution is 2.22. The van der Waals surface area contributed by atoms with Gasteiger partial charge in [0, 0.05) is 0 Å². The molecule has 1 nitrogen and oxygen atoms in total. The van der Waals surface area contributed by atoms with Crippen LogP contribution < -0.4 is 0 Å². The van der Waals surface area contributed by atoms with E-state index in [9.17, 15) is 0 Å². The number of halogens is 3. The van der Waals surface area contributed by atoms with Gasteiger partial charge in [0.1, 0.15) is 0 Å². The zero-order valence-corrected chi connectivity index (χ0v) is 9.09. The van der Waals surface area contributed by atoms with Crippen molar-refractivity contribution in [2.75, 3.05) is 6.61 Å². The maximum Gasteiger partial charge on any atom is 0.228 e. The van der Waals surface area contributed by atoms with Crippen LogP contribution in [-0.4, -0.2) is 24.7 Å². The van der Waals surface area contributed by atoms with Crippen LogP contribution in [0.3, 0.4) is 0 Å². The lowest BCUT2D eigenvalue weighted by Crippen LogP contribution is -2.16. The van der Waals surface area contributed by atoms with E-state index in [1.807, 2.05) is 13.5 Å². The topological polar surface area (TPSA) is 9.23 Å². The van der Waals surface area contributed by atoms with Gasteiger partial charge in [-0.25, -0.2) is 0 Å². The zero-order chi connectivity index (χ0) is 8.20. The first-order valence-electron chi connectivity index (χ1n) is 2.84. The fourth-order valence-electron chi connectivity index (χ4n) is 0.500. The van der Waals surface area contributed by atoms with Crippen LogP contribution in [0.2, 0.25) is 6.55 Å². The van der Waals surface area contributed by atoms with Crippen molar-refractivity contribution in [3.63, 3.8) is 0 Å². The summed E-state index contributed by atoms with van der Waals surface area (Å²) in [4.78, 5) is 0. The lowest BCUT2D eigenvalue weighted by Gasteiger charge is -2.06. The first-order valence-corrected chi connectivity index (χ1v) is 5.96. The van der Waals surface area contributed by atoms with E-state index in [0.717, 1.165) is 0 Å². The third kappa shape index (κ3) is 6.87. The van der Waals surface area contributed by atoms with Gasteiger partial charge in [-0.3, -0.25) is 0 Å². The minimum Gasteiger partial charge on any atom is -0.551 e. The molecule has 0 aliphatic carbocycles. The molecule has 0 heterocycles. The number of hydrogen-bond donors (Lipinski definition) is 0. The Labute approximate surface area is 77.6 Å². The molecule has 0 amide bonds. The van der Waals surface area contributed by atoms with Gasteiger partial charge in [-0.05, 0) is 19.1 Å². The van der Waals surface area contributed by atoms with Crippen molar-refractivity contribution >= 4 is 49.1 Å². The van der Waals surface area contributed by atoms with Gasteiger partial charge >= 0.3 is 0 Å². The molecular formula is C5H9Cl3OSi. The van der Waals surface area contributed by atoms with Gasteiger partial charge < -0.3 is 4.43 Å². The van der Waals surface area contributed by atoms with Crippen LogP contribution in [0.15, 0.2) is 0 Å². The molecule has 0 fully saturated rings. The molecule has 0 radical (unpaired) electrons. The Hall–Kier alpha value is 0.757. The molecule has 60 valence electrons. The normalized spacial score (nSPS) is 13.5. The number of rotatable bonds is 2. The second-order valence-electron chi connectivity index (χ2n) is 1.73. The standard InChI is InChI=1S/C5H9Cl3OSi/c1-3-9-10(2)4-5(6,7)8/h4H,3H2,1-2H3. The molecule has 0 unspecified atom stereocenters. The van der Waals surface area contributed by atoms with Crippen molar-refractivity contribution in [1.82, 2.24) is 0 Å². The molecule has 5 heteroatoms. The molecule has 0 bridgehead atoms. The molecule has 0 aliphatic heterocycles. The first-order chi connectivity index (χ1) is 4.45. The Morgan fingerprint density at radius 2 is 2.00 bits per heavy atom. The predicted octanol–water partition coefficient (Wildman–Crippen LogP) is 2.40. The Bertz CT molecular complexity index is 129. The second kappa shape index (κ2) is 4.60. The molecule has 0 aromatic rings. The van der Waals surface area contributed by atoms with E-state index >= 15 is 0 Å². The summed E-state index contributed by atoms with van der Waals surface area (Å²) in [6, 6.07) is 0. The summed E-state index contributed by atoms with van der Waals surface area (Å²) in [6.45, 7) is 4.51. The molecule has 0 aliphatic rings. The van der Waals surface area contributed by atoms with Crippen LogP contribution >= 0.6 is 34.8 Å². The van der Waals surface area contributed by atoms with E-state index in [-0.39, 0.29) is 0 Å². The smallest absolute Gasteiger partial charge is 0.228 e. The number of alkyl halides is 3. The van der Waals surface area contributed by atoms with Crippen LogP contribution in [0.4, 0.5) is 0 Å². The van der Waals surface area contributed by atoms with Crippen molar-refractivity contribution in [3.05, 3.63) is 0 Å². The Morgan fingerprint density at radius 1 is 1.50 bits per heavy atom. The van der Waals surface area contributed by atoms with Crippen LogP contribution in [-0.2, 0) is 4.43 Å². The van der Waals surface area contributed by atoms with E-state index in [4.69, 9.17) is 39.2 Å². The summed E-state index contributed by atoms with van der Waals surface area (Å²) >= 11 is 16.5. The lowest BCUT2D eigenvalue weighted by atomic mass is 10.9.